The van der Waals surface area contributed by atoms with Gasteiger partial charge in [-0.3, -0.25) is 9.11 Å². The lowest BCUT2D eigenvalue weighted by atomic mass is 10.1. The molecular formula is C10H7O6S2. The molecule has 0 heterocycles. The summed E-state index contributed by atoms with van der Waals surface area (Å²) in [6, 6.07) is 8.65. The topological polar surface area (TPSA) is 109 Å². The van der Waals surface area contributed by atoms with Crippen LogP contribution in [0, 0.1) is 6.07 Å². The predicted octanol–water partition coefficient (Wildman–Crippen LogP) is 1.13. The molecule has 1 radical (unpaired) electrons. The van der Waals surface area contributed by atoms with Gasteiger partial charge >= 0.3 is 0 Å². The zero-order valence-electron chi connectivity index (χ0n) is 8.73. The fraction of sp³-hybridized carbons (Fsp3) is 0. The SMILES string of the molecule is O=S(=O)(O)c1cc[c]c2cccc(S(=O)(=O)O)c12. The zero-order chi connectivity index (χ0) is 13.6. The van der Waals surface area contributed by atoms with Crippen molar-refractivity contribution < 1.29 is 25.9 Å². The second-order valence-electron chi connectivity index (χ2n) is 3.47. The van der Waals surface area contributed by atoms with Gasteiger partial charge in [0.1, 0.15) is 9.79 Å². The molecule has 0 atom stereocenters. The average molecular weight is 287 g/mol. The molecule has 0 saturated heterocycles. The van der Waals surface area contributed by atoms with E-state index in [4.69, 9.17) is 9.11 Å². The lowest BCUT2D eigenvalue weighted by Crippen LogP contribution is -2.04. The van der Waals surface area contributed by atoms with Gasteiger partial charge in [0.2, 0.25) is 0 Å². The minimum Gasteiger partial charge on any atom is -0.282 e. The van der Waals surface area contributed by atoms with Crippen molar-refractivity contribution in [2.24, 2.45) is 0 Å². The van der Waals surface area contributed by atoms with Crippen LogP contribution in [0.2, 0.25) is 0 Å². The third kappa shape index (κ3) is 2.23. The predicted molar refractivity (Wildman–Crippen MR) is 62.4 cm³/mol. The zero-order valence-corrected chi connectivity index (χ0v) is 10.4. The molecule has 0 saturated carbocycles. The molecular weight excluding hydrogens is 280 g/mol. The van der Waals surface area contributed by atoms with E-state index < -0.39 is 30.0 Å². The third-order valence-corrected chi connectivity index (χ3v) is 4.09. The molecule has 0 aromatic heterocycles. The summed E-state index contributed by atoms with van der Waals surface area (Å²) in [5, 5.41) is -0.134. The number of fused-ring (bicyclic) bond motifs is 1. The molecule has 0 unspecified atom stereocenters. The van der Waals surface area contributed by atoms with Crippen LogP contribution in [0.15, 0.2) is 40.1 Å². The van der Waals surface area contributed by atoms with Crippen LogP contribution < -0.4 is 0 Å². The highest BCUT2D eigenvalue weighted by atomic mass is 32.2. The van der Waals surface area contributed by atoms with E-state index in [1.807, 2.05) is 0 Å². The Morgan fingerprint density at radius 1 is 0.889 bits per heavy atom. The maximum absolute atomic E-state index is 11.2. The molecule has 18 heavy (non-hydrogen) atoms. The standard InChI is InChI=1S/C10H7O6S2/c11-17(12,13)8-5-1-3-7-4-2-6-9(10(7)8)18(14,15)16/h1-3,5-6H,(H,11,12,13)(H,14,15,16). The van der Waals surface area contributed by atoms with Crippen LogP contribution in [-0.2, 0) is 20.2 Å². The largest absolute Gasteiger partial charge is 0.295 e. The molecule has 2 rings (SSSR count). The van der Waals surface area contributed by atoms with Crippen molar-refractivity contribution in [3.8, 4) is 0 Å². The average Bonchev–Trinajstić information content (AvgIpc) is 2.24. The fourth-order valence-electron chi connectivity index (χ4n) is 1.63. The number of rotatable bonds is 2. The Labute approximate surface area is 103 Å². The van der Waals surface area contributed by atoms with Gasteiger partial charge in [0.15, 0.2) is 0 Å². The summed E-state index contributed by atoms with van der Waals surface area (Å²) in [5.41, 5.74) is 0. The highest BCUT2D eigenvalue weighted by Gasteiger charge is 2.21. The van der Waals surface area contributed by atoms with Gasteiger partial charge in [0.25, 0.3) is 20.2 Å². The minimum atomic E-state index is -4.61. The van der Waals surface area contributed by atoms with Crippen molar-refractivity contribution in [2.45, 2.75) is 9.79 Å². The second kappa shape index (κ2) is 4.02. The van der Waals surface area contributed by atoms with Gasteiger partial charge in [-0.1, -0.05) is 18.2 Å². The summed E-state index contributed by atoms with van der Waals surface area (Å²) in [7, 11) is -9.22. The van der Waals surface area contributed by atoms with E-state index in [1.165, 1.54) is 18.2 Å². The van der Waals surface area contributed by atoms with E-state index in [9.17, 15) is 16.8 Å². The van der Waals surface area contributed by atoms with Gasteiger partial charge in [-0.2, -0.15) is 16.8 Å². The van der Waals surface area contributed by atoms with Crippen LogP contribution in [-0.4, -0.2) is 25.9 Å². The van der Waals surface area contributed by atoms with Crippen LogP contribution >= 0.6 is 0 Å². The second-order valence-corrected chi connectivity index (χ2v) is 6.25. The van der Waals surface area contributed by atoms with Crippen LogP contribution in [0.3, 0.4) is 0 Å². The summed E-state index contributed by atoms with van der Waals surface area (Å²) in [6.07, 6.45) is 0. The van der Waals surface area contributed by atoms with Gasteiger partial charge in [-0.15, -0.1) is 0 Å². The van der Waals surface area contributed by atoms with Crippen LogP contribution in [0.5, 0.6) is 0 Å². The normalized spacial score (nSPS) is 12.8. The monoisotopic (exact) mass is 287 g/mol. The van der Waals surface area contributed by atoms with Gasteiger partial charge in [-0.05, 0) is 23.6 Å². The number of benzene rings is 2. The minimum absolute atomic E-state index is 0.153. The molecule has 0 aliphatic carbocycles. The van der Waals surface area contributed by atoms with E-state index >= 15 is 0 Å². The lowest BCUT2D eigenvalue weighted by Gasteiger charge is -2.07. The number of hydrogen-bond acceptors (Lipinski definition) is 4. The van der Waals surface area contributed by atoms with Crippen LogP contribution in [0.1, 0.15) is 0 Å². The fourth-order valence-corrected chi connectivity index (χ4v) is 3.14. The van der Waals surface area contributed by atoms with Gasteiger partial charge < -0.3 is 0 Å². The quantitative estimate of drug-likeness (QED) is 0.801. The molecule has 0 fully saturated rings. The Bertz CT molecular complexity index is 754. The summed E-state index contributed by atoms with van der Waals surface area (Å²) in [4.78, 5) is -1.19. The molecule has 2 N–H and O–H groups in total. The van der Waals surface area contributed by atoms with Crippen LogP contribution in [0.25, 0.3) is 10.8 Å². The van der Waals surface area contributed by atoms with Crippen molar-refractivity contribution in [3.63, 3.8) is 0 Å². The Balaban J connectivity index is 3.09. The first-order chi connectivity index (χ1) is 8.21. The van der Waals surface area contributed by atoms with Gasteiger partial charge in [-0.25, -0.2) is 0 Å². The Kier molecular flexibility index (Phi) is 2.90. The molecule has 95 valence electrons. The molecule has 2 aromatic carbocycles. The van der Waals surface area contributed by atoms with E-state index in [-0.39, 0.29) is 10.8 Å². The summed E-state index contributed by atoms with van der Waals surface area (Å²) in [6.45, 7) is 0. The molecule has 8 heteroatoms. The van der Waals surface area contributed by atoms with Crippen molar-refractivity contribution in [1.29, 1.82) is 0 Å². The first-order valence-electron chi connectivity index (χ1n) is 4.59. The Morgan fingerprint density at radius 3 is 2.00 bits per heavy atom. The highest BCUT2D eigenvalue weighted by molar-refractivity contribution is 7.87. The molecule has 0 bridgehead atoms. The maximum Gasteiger partial charge on any atom is 0.295 e. The van der Waals surface area contributed by atoms with Crippen LogP contribution in [0.4, 0.5) is 0 Å². The van der Waals surface area contributed by atoms with E-state index in [1.54, 1.807) is 0 Å². The molecule has 2 aromatic rings. The third-order valence-electron chi connectivity index (χ3n) is 2.30. The highest BCUT2D eigenvalue weighted by Crippen LogP contribution is 2.28. The molecule has 6 nitrogen and oxygen atoms in total. The molecule has 0 aliphatic heterocycles. The van der Waals surface area contributed by atoms with Crippen molar-refractivity contribution in [2.75, 3.05) is 0 Å². The Morgan fingerprint density at radius 2 is 1.44 bits per heavy atom. The molecule has 0 spiro atoms. The summed E-state index contributed by atoms with van der Waals surface area (Å²) in [5.74, 6) is 0. The van der Waals surface area contributed by atoms with Gasteiger partial charge in [0.05, 0.1) is 0 Å². The van der Waals surface area contributed by atoms with E-state index in [0.29, 0.717) is 0 Å². The smallest absolute Gasteiger partial charge is 0.282 e. The van der Waals surface area contributed by atoms with E-state index in [0.717, 1.165) is 12.1 Å². The van der Waals surface area contributed by atoms with Crippen molar-refractivity contribution >= 4 is 31.0 Å². The first kappa shape index (κ1) is 13.0. The van der Waals surface area contributed by atoms with Crippen molar-refractivity contribution in [3.05, 3.63) is 36.4 Å². The van der Waals surface area contributed by atoms with Gasteiger partial charge in [0, 0.05) is 5.39 Å². The summed E-state index contributed by atoms with van der Waals surface area (Å²) < 4.78 is 62.9. The Hall–Kier alpha value is -1.48. The van der Waals surface area contributed by atoms with E-state index in [2.05, 4.69) is 6.07 Å². The molecule has 0 amide bonds. The first-order valence-corrected chi connectivity index (χ1v) is 7.47. The lowest BCUT2D eigenvalue weighted by molar-refractivity contribution is 0.483. The number of hydrogen-bond donors (Lipinski definition) is 2. The van der Waals surface area contributed by atoms with Crippen molar-refractivity contribution in [1.82, 2.24) is 0 Å². The maximum atomic E-state index is 11.2. The molecule has 0 aliphatic rings. The summed E-state index contributed by atoms with van der Waals surface area (Å²) >= 11 is 0.